The molecule has 0 bridgehead atoms. The third kappa shape index (κ3) is 3.81. The summed E-state index contributed by atoms with van der Waals surface area (Å²) in [4.78, 5) is 42.4. The Kier molecular flexibility index (Phi) is 5.32. The minimum absolute atomic E-state index is 0.00962. The van der Waals surface area contributed by atoms with Crippen LogP contribution in [0.3, 0.4) is 0 Å². The first kappa shape index (κ1) is 19.8. The SMILES string of the molecule is COC(=O)c1ccc(N2C(=O)CC(Sc3nncc(-c4ccc(C)o4)n3)C2=O)cc1. The number of anilines is 1. The van der Waals surface area contributed by atoms with Gasteiger partial charge in [0.25, 0.3) is 0 Å². The lowest BCUT2D eigenvalue weighted by Gasteiger charge is -2.15. The molecular weight excluding hydrogens is 408 g/mol. The number of nitrogens with zero attached hydrogens (tertiary/aromatic N) is 4. The van der Waals surface area contributed by atoms with E-state index in [2.05, 4.69) is 19.9 Å². The Labute approximate surface area is 175 Å². The molecule has 9 nitrogen and oxygen atoms in total. The van der Waals surface area contributed by atoms with Crippen LogP contribution in [0.1, 0.15) is 22.5 Å². The first-order valence-electron chi connectivity index (χ1n) is 8.94. The number of carbonyl (C=O) groups is 3. The molecule has 3 heterocycles. The Morgan fingerprint density at radius 3 is 2.63 bits per heavy atom. The number of ether oxygens (including phenoxy) is 1. The molecule has 152 valence electrons. The maximum atomic E-state index is 12.9. The summed E-state index contributed by atoms with van der Waals surface area (Å²) >= 11 is 1.08. The van der Waals surface area contributed by atoms with Crippen LogP contribution in [-0.4, -0.2) is 45.3 Å². The molecule has 1 aromatic carbocycles. The van der Waals surface area contributed by atoms with E-state index in [9.17, 15) is 14.4 Å². The molecule has 10 heteroatoms. The number of thioether (sulfide) groups is 1. The summed E-state index contributed by atoms with van der Waals surface area (Å²) < 4.78 is 10.2. The number of benzene rings is 1. The second-order valence-corrected chi connectivity index (χ2v) is 7.62. The van der Waals surface area contributed by atoms with Gasteiger partial charge in [0.15, 0.2) is 5.76 Å². The third-order valence-electron chi connectivity index (χ3n) is 4.43. The van der Waals surface area contributed by atoms with Gasteiger partial charge in [-0.05, 0) is 43.3 Å². The average Bonchev–Trinajstić information content (AvgIpc) is 3.31. The lowest BCUT2D eigenvalue weighted by atomic mass is 10.2. The topological polar surface area (TPSA) is 115 Å². The Bertz CT molecular complexity index is 1130. The Balaban J connectivity index is 1.51. The van der Waals surface area contributed by atoms with Gasteiger partial charge in [-0.25, -0.2) is 14.7 Å². The van der Waals surface area contributed by atoms with Crippen LogP contribution in [-0.2, 0) is 14.3 Å². The molecule has 1 saturated heterocycles. The third-order valence-corrected chi connectivity index (χ3v) is 5.47. The summed E-state index contributed by atoms with van der Waals surface area (Å²) in [7, 11) is 1.28. The Morgan fingerprint density at radius 1 is 1.20 bits per heavy atom. The van der Waals surface area contributed by atoms with E-state index in [4.69, 9.17) is 4.42 Å². The number of hydrogen-bond acceptors (Lipinski definition) is 9. The number of furan rings is 1. The maximum Gasteiger partial charge on any atom is 0.337 e. The van der Waals surface area contributed by atoms with Crippen molar-refractivity contribution in [1.29, 1.82) is 0 Å². The van der Waals surface area contributed by atoms with Crippen LogP contribution in [0.5, 0.6) is 0 Å². The van der Waals surface area contributed by atoms with Crippen molar-refractivity contribution in [2.24, 2.45) is 0 Å². The molecule has 30 heavy (non-hydrogen) atoms. The monoisotopic (exact) mass is 424 g/mol. The second kappa shape index (κ2) is 8.07. The zero-order valence-corrected chi connectivity index (χ0v) is 16.9. The number of esters is 1. The molecule has 0 aliphatic carbocycles. The van der Waals surface area contributed by atoms with E-state index in [-0.39, 0.29) is 23.4 Å². The van der Waals surface area contributed by atoms with Crippen LogP contribution in [0.25, 0.3) is 11.5 Å². The van der Waals surface area contributed by atoms with Crippen molar-refractivity contribution < 1.29 is 23.5 Å². The van der Waals surface area contributed by atoms with Crippen molar-refractivity contribution in [1.82, 2.24) is 15.2 Å². The van der Waals surface area contributed by atoms with Crippen molar-refractivity contribution in [2.45, 2.75) is 23.8 Å². The largest absolute Gasteiger partial charge is 0.465 e. The van der Waals surface area contributed by atoms with Gasteiger partial charge in [-0.2, -0.15) is 5.10 Å². The molecule has 0 saturated carbocycles. The number of rotatable bonds is 5. The summed E-state index contributed by atoms with van der Waals surface area (Å²) in [5.74, 6) is 0.0757. The van der Waals surface area contributed by atoms with Gasteiger partial charge in [0.2, 0.25) is 17.0 Å². The van der Waals surface area contributed by atoms with Gasteiger partial charge in [0, 0.05) is 6.42 Å². The molecule has 4 rings (SSSR count). The fourth-order valence-electron chi connectivity index (χ4n) is 2.99. The van der Waals surface area contributed by atoms with E-state index in [1.54, 1.807) is 6.07 Å². The van der Waals surface area contributed by atoms with Gasteiger partial charge in [-0.3, -0.25) is 9.59 Å². The van der Waals surface area contributed by atoms with Gasteiger partial charge < -0.3 is 9.15 Å². The zero-order chi connectivity index (χ0) is 21.3. The molecule has 1 aliphatic heterocycles. The summed E-state index contributed by atoms with van der Waals surface area (Å²) in [5.41, 5.74) is 1.21. The quantitative estimate of drug-likeness (QED) is 0.450. The molecule has 1 unspecified atom stereocenters. The van der Waals surface area contributed by atoms with Gasteiger partial charge in [0.05, 0.1) is 24.6 Å². The van der Waals surface area contributed by atoms with Gasteiger partial charge in [-0.15, -0.1) is 5.10 Å². The number of aromatic nitrogens is 3. The van der Waals surface area contributed by atoms with Crippen LogP contribution in [0.15, 0.2) is 52.2 Å². The maximum absolute atomic E-state index is 12.9. The molecule has 0 radical (unpaired) electrons. The molecule has 1 atom stereocenters. The predicted molar refractivity (Wildman–Crippen MR) is 107 cm³/mol. The lowest BCUT2D eigenvalue weighted by molar-refractivity contribution is -0.121. The predicted octanol–water partition coefficient (Wildman–Crippen LogP) is 2.65. The standard InChI is InChI=1S/C20H16N4O5S/c1-11-3-8-15(29-11)14-10-21-23-20(22-14)30-16-9-17(25)24(18(16)26)13-6-4-12(5-7-13)19(27)28-2/h3-8,10,16H,9H2,1-2H3. The highest BCUT2D eigenvalue weighted by molar-refractivity contribution is 8.00. The number of amides is 2. The highest BCUT2D eigenvalue weighted by Crippen LogP contribution is 2.33. The molecular formula is C20H16N4O5S. The number of methoxy groups -OCH3 is 1. The van der Waals surface area contributed by atoms with E-state index < -0.39 is 11.2 Å². The van der Waals surface area contributed by atoms with Crippen molar-refractivity contribution in [3.8, 4) is 11.5 Å². The van der Waals surface area contributed by atoms with Crippen molar-refractivity contribution in [3.63, 3.8) is 0 Å². The molecule has 1 fully saturated rings. The smallest absolute Gasteiger partial charge is 0.337 e. The first-order valence-corrected chi connectivity index (χ1v) is 9.82. The molecule has 2 amide bonds. The number of aryl methyl sites for hydroxylation is 1. The van der Waals surface area contributed by atoms with Crippen LogP contribution in [0.2, 0.25) is 0 Å². The van der Waals surface area contributed by atoms with Crippen LogP contribution in [0, 0.1) is 6.92 Å². The number of carbonyl (C=O) groups excluding carboxylic acids is 3. The number of hydrogen-bond donors (Lipinski definition) is 0. The summed E-state index contributed by atoms with van der Waals surface area (Å²) in [6, 6.07) is 9.67. The average molecular weight is 424 g/mol. The molecule has 0 N–H and O–H groups in total. The molecule has 2 aromatic heterocycles. The highest BCUT2D eigenvalue weighted by atomic mass is 32.2. The fraction of sp³-hybridized carbons (Fsp3) is 0.200. The van der Waals surface area contributed by atoms with Crippen LogP contribution in [0.4, 0.5) is 5.69 Å². The summed E-state index contributed by atoms with van der Waals surface area (Å²) in [5, 5.41) is 7.48. The van der Waals surface area contributed by atoms with Gasteiger partial charge in [0.1, 0.15) is 16.7 Å². The van der Waals surface area contributed by atoms with Gasteiger partial charge in [-0.1, -0.05) is 11.8 Å². The summed E-state index contributed by atoms with van der Waals surface area (Å²) in [6.45, 7) is 1.82. The first-order chi connectivity index (χ1) is 14.5. The lowest BCUT2D eigenvalue weighted by Crippen LogP contribution is -2.31. The molecule has 1 aliphatic rings. The van der Waals surface area contributed by atoms with E-state index in [0.717, 1.165) is 22.4 Å². The minimum atomic E-state index is -0.673. The van der Waals surface area contributed by atoms with E-state index in [0.29, 0.717) is 22.7 Å². The molecule has 3 aromatic rings. The van der Waals surface area contributed by atoms with Crippen molar-refractivity contribution >= 4 is 35.2 Å². The highest BCUT2D eigenvalue weighted by Gasteiger charge is 2.40. The Hall–Kier alpha value is -3.53. The van der Waals surface area contributed by atoms with E-state index in [1.165, 1.54) is 37.6 Å². The van der Waals surface area contributed by atoms with Crippen LogP contribution >= 0.6 is 11.8 Å². The zero-order valence-electron chi connectivity index (χ0n) is 16.1. The van der Waals surface area contributed by atoms with Crippen LogP contribution < -0.4 is 4.90 Å². The Morgan fingerprint density at radius 2 is 1.97 bits per heavy atom. The summed E-state index contributed by atoms with van der Waals surface area (Å²) in [6.07, 6.45) is 1.48. The normalized spacial score (nSPS) is 16.2. The van der Waals surface area contributed by atoms with E-state index >= 15 is 0 Å². The van der Waals surface area contributed by atoms with Crippen molar-refractivity contribution in [3.05, 3.63) is 53.9 Å². The fourth-order valence-corrected chi connectivity index (χ4v) is 3.92. The number of imide groups is 1. The van der Waals surface area contributed by atoms with E-state index in [1.807, 2.05) is 13.0 Å². The van der Waals surface area contributed by atoms with Gasteiger partial charge >= 0.3 is 5.97 Å². The molecule has 0 spiro atoms. The second-order valence-electron chi connectivity index (χ2n) is 6.45. The minimum Gasteiger partial charge on any atom is -0.465 e. The van der Waals surface area contributed by atoms with Crippen molar-refractivity contribution in [2.75, 3.05) is 12.0 Å².